The minimum absolute atomic E-state index is 0.000374. The van der Waals surface area contributed by atoms with E-state index in [2.05, 4.69) is 25.5 Å². The lowest BCUT2D eigenvalue weighted by atomic mass is 10.2. The number of hydrogen-bond donors (Lipinski definition) is 4. The van der Waals surface area contributed by atoms with Crippen LogP contribution in [-0.2, 0) is 4.79 Å². The molecule has 1 aromatic carbocycles. The summed E-state index contributed by atoms with van der Waals surface area (Å²) >= 11 is 0. The first-order chi connectivity index (χ1) is 15.0. The third kappa shape index (κ3) is 5.21. The lowest BCUT2D eigenvalue weighted by molar-refractivity contribution is -0.132. The van der Waals surface area contributed by atoms with Crippen molar-refractivity contribution in [1.29, 1.82) is 0 Å². The normalized spacial score (nSPS) is 16.2. The van der Waals surface area contributed by atoms with Crippen molar-refractivity contribution < 1.29 is 14.7 Å². The summed E-state index contributed by atoms with van der Waals surface area (Å²) in [6, 6.07) is 8.23. The van der Waals surface area contributed by atoms with E-state index in [0.29, 0.717) is 30.9 Å². The van der Waals surface area contributed by atoms with Crippen LogP contribution in [0.5, 0.6) is 0 Å². The van der Waals surface area contributed by atoms with Crippen LogP contribution in [0.2, 0.25) is 0 Å². The summed E-state index contributed by atoms with van der Waals surface area (Å²) in [4.78, 5) is 36.2. The summed E-state index contributed by atoms with van der Waals surface area (Å²) in [7, 11) is 0. The molecule has 2 amide bonds. The third-order valence-corrected chi connectivity index (χ3v) is 5.42. The SMILES string of the molecule is NC(=O)c1cnc(Nc2ccc(N3CCN(C(=O)CCO)CC3)cc2)nc1NC1CC1. The molecule has 31 heavy (non-hydrogen) atoms. The molecule has 0 radical (unpaired) electrons. The van der Waals surface area contributed by atoms with Gasteiger partial charge in [0.25, 0.3) is 5.91 Å². The molecule has 164 valence electrons. The number of nitrogens with two attached hydrogens (primary N) is 1. The van der Waals surface area contributed by atoms with Gasteiger partial charge >= 0.3 is 0 Å². The Labute approximate surface area is 180 Å². The fourth-order valence-corrected chi connectivity index (χ4v) is 3.51. The molecule has 1 saturated heterocycles. The van der Waals surface area contributed by atoms with Gasteiger partial charge in [0.2, 0.25) is 11.9 Å². The van der Waals surface area contributed by atoms with Crippen molar-refractivity contribution >= 4 is 35.0 Å². The number of carbonyl (C=O) groups excluding carboxylic acids is 2. The van der Waals surface area contributed by atoms with Gasteiger partial charge in [-0.25, -0.2) is 4.98 Å². The second-order valence-electron chi connectivity index (χ2n) is 7.75. The van der Waals surface area contributed by atoms with Gasteiger partial charge < -0.3 is 31.3 Å². The lowest BCUT2D eigenvalue weighted by Crippen LogP contribution is -2.48. The Bertz CT molecular complexity index is 938. The summed E-state index contributed by atoms with van der Waals surface area (Å²) in [5.74, 6) is 0.284. The number of benzene rings is 1. The minimum Gasteiger partial charge on any atom is -0.396 e. The van der Waals surface area contributed by atoms with Gasteiger partial charge in [-0.2, -0.15) is 4.98 Å². The number of hydrogen-bond acceptors (Lipinski definition) is 8. The number of piperazine rings is 1. The summed E-state index contributed by atoms with van der Waals surface area (Å²) in [5.41, 5.74) is 7.60. The molecule has 0 unspecified atom stereocenters. The fraction of sp³-hybridized carbons (Fsp3) is 0.429. The van der Waals surface area contributed by atoms with E-state index in [1.165, 1.54) is 6.20 Å². The maximum atomic E-state index is 11.9. The first-order valence-corrected chi connectivity index (χ1v) is 10.5. The summed E-state index contributed by atoms with van der Waals surface area (Å²) < 4.78 is 0. The Balaban J connectivity index is 1.38. The Hall–Kier alpha value is -3.40. The zero-order chi connectivity index (χ0) is 21.8. The Morgan fingerprint density at radius 2 is 1.84 bits per heavy atom. The Kier molecular flexibility index (Phi) is 6.17. The quantitative estimate of drug-likeness (QED) is 0.490. The van der Waals surface area contributed by atoms with Gasteiger partial charge in [0.1, 0.15) is 5.82 Å². The number of primary amides is 1. The van der Waals surface area contributed by atoms with E-state index in [4.69, 9.17) is 10.8 Å². The average Bonchev–Trinajstić information content (AvgIpc) is 3.59. The number of aliphatic hydroxyl groups is 1. The molecule has 4 rings (SSSR count). The number of carbonyl (C=O) groups is 2. The monoisotopic (exact) mass is 425 g/mol. The molecule has 10 nitrogen and oxygen atoms in total. The maximum absolute atomic E-state index is 11.9. The van der Waals surface area contributed by atoms with Gasteiger partial charge in [0, 0.05) is 56.2 Å². The van der Waals surface area contributed by atoms with E-state index in [1.54, 1.807) is 4.90 Å². The molecule has 1 aliphatic carbocycles. The number of aliphatic hydroxyl groups excluding tert-OH is 1. The molecule has 2 aliphatic rings. The second kappa shape index (κ2) is 9.17. The lowest BCUT2D eigenvalue weighted by Gasteiger charge is -2.36. The van der Waals surface area contributed by atoms with Crippen LogP contribution in [0.25, 0.3) is 0 Å². The van der Waals surface area contributed by atoms with Crippen LogP contribution in [0.1, 0.15) is 29.6 Å². The van der Waals surface area contributed by atoms with Crippen molar-refractivity contribution in [3.8, 4) is 0 Å². The van der Waals surface area contributed by atoms with Crippen molar-refractivity contribution in [2.45, 2.75) is 25.3 Å². The van der Waals surface area contributed by atoms with Crippen LogP contribution < -0.4 is 21.3 Å². The standard InChI is InChI=1S/C21H27N7O3/c22-19(31)17-13-23-21(26-20(17)24-14-1-2-14)25-15-3-5-16(6-4-15)27-8-10-28(11-9-27)18(30)7-12-29/h3-6,13-14,29H,1-2,7-12H2,(H2,22,31)(H2,23,24,25,26). The summed E-state index contributed by atoms with van der Waals surface area (Å²) in [5, 5.41) is 15.3. The highest BCUT2D eigenvalue weighted by Gasteiger charge is 2.24. The van der Waals surface area contributed by atoms with Gasteiger partial charge in [-0.1, -0.05) is 0 Å². The number of anilines is 4. The molecule has 1 aliphatic heterocycles. The molecule has 2 heterocycles. The van der Waals surface area contributed by atoms with Gasteiger partial charge in [-0.15, -0.1) is 0 Å². The molecule has 5 N–H and O–H groups in total. The number of nitrogens with zero attached hydrogens (tertiary/aromatic N) is 4. The molecule has 2 aromatic rings. The van der Waals surface area contributed by atoms with E-state index in [-0.39, 0.29) is 24.5 Å². The molecular formula is C21H27N7O3. The molecule has 0 atom stereocenters. The topological polar surface area (TPSA) is 137 Å². The highest BCUT2D eigenvalue weighted by Crippen LogP contribution is 2.27. The highest BCUT2D eigenvalue weighted by atomic mass is 16.3. The number of aromatic nitrogens is 2. The Morgan fingerprint density at radius 1 is 1.13 bits per heavy atom. The largest absolute Gasteiger partial charge is 0.396 e. The molecule has 10 heteroatoms. The fourth-order valence-electron chi connectivity index (χ4n) is 3.51. The van der Waals surface area contributed by atoms with Crippen molar-refractivity contribution in [2.75, 3.05) is 48.3 Å². The zero-order valence-corrected chi connectivity index (χ0v) is 17.3. The zero-order valence-electron chi connectivity index (χ0n) is 17.3. The molecule has 1 saturated carbocycles. The van der Waals surface area contributed by atoms with E-state index < -0.39 is 5.91 Å². The predicted octanol–water partition coefficient (Wildman–Crippen LogP) is 0.924. The molecule has 1 aromatic heterocycles. The molecule has 0 spiro atoms. The average molecular weight is 425 g/mol. The van der Waals surface area contributed by atoms with Crippen molar-refractivity contribution in [2.24, 2.45) is 5.73 Å². The second-order valence-corrected chi connectivity index (χ2v) is 7.75. The van der Waals surface area contributed by atoms with E-state index in [9.17, 15) is 9.59 Å². The van der Waals surface area contributed by atoms with E-state index >= 15 is 0 Å². The van der Waals surface area contributed by atoms with Crippen LogP contribution in [0, 0.1) is 0 Å². The van der Waals surface area contributed by atoms with Crippen LogP contribution in [-0.4, -0.2) is 70.6 Å². The number of rotatable bonds is 8. The third-order valence-electron chi connectivity index (χ3n) is 5.42. The summed E-state index contributed by atoms with van der Waals surface area (Å²) in [6.07, 6.45) is 3.72. The van der Waals surface area contributed by atoms with Crippen LogP contribution in [0.15, 0.2) is 30.5 Å². The van der Waals surface area contributed by atoms with Crippen molar-refractivity contribution in [3.63, 3.8) is 0 Å². The van der Waals surface area contributed by atoms with Gasteiger partial charge in [0.05, 0.1) is 12.2 Å². The predicted molar refractivity (Wildman–Crippen MR) is 117 cm³/mol. The van der Waals surface area contributed by atoms with Gasteiger partial charge in [0.15, 0.2) is 0 Å². The van der Waals surface area contributed by atoms with Crippen molar-refractivity contribution in [1.82, 2.24) is 14.9 Å². The Morgan fingerprint density at radius 3 is 2.45 bits per heavy atom. The van der Waals surface area contributed by atoms with Gasteiger partial charge in [-0.05, 0) is 37.1 Å². The van der Waals surface area contributed by atoms with E-state index in [1.807, 2.05) is 24.3 Å². The summed E-state index contributed by atoms with van der Waals surface area (Å²) in [6.45, 7) is 2.68. The van der Waals surface area contributed by atoms with Gasteiger partial charge in [-0.3, -0.25) is 9.59 Å². The highest BCUT2D eigenvalue weighted by molar-refractivity contribution is 5.97. The number of nitrogens with one attached hydrogen (secondary N) is 2. The molecule has 0 bridgehead atoms. The maximum Gasteiger partial charge on any atom is 0.254 e. The smallest absolute Gasteiger partial charge is 0.254 e. The number of amides is 2. The van der Waals surface area contributed by atoms with Crippen LogP contribution >= 0.6 is 0 Å². The van der Waals surface area contributed by atoms with Crippen LogP contribution in [0.3, 0.4) is 0 Å². The molecular weight excluding hydrogens is 398 g/mol. The first kappa shape index (κ1) is 20.9. The van der Waals surface area contributed by atoms with Crippen LogP contribution in [0.4, 0.5) is 23.1 Å². The van der Waals surface area contributed by atoms with Crippen molar-refractivity contribution in [3.05, 3.63) is 36.0 Å². The van der Waals surface area contributed by atoms with E-state index in [0.717, 1.165) is 37.3 Å². The first-order valence-electron chi connectivity index (χ1n) is 10.5. The minimum atomic E-state index is -0.558. The molecule has 2 fully saturated rings.